The van der Waals surface area contributed by atoms with E-state index >= 15 is 0 Å². The third kappa shape index (κ3) is 4.93. The minimum absolute atomic E-state index is 0.519. The molecule has 178 valence electrons. The lowest BCUT2D eigenvalue weighted by atomic mass is 10.0. The second-order valence-electron chi connectivity index (χ2n) is 9.10. The smallest absolute Gasteiger partial charge is 0.204 e. The van der Waals surface area contributed by atoms with Crippen LogP contribution in [0.5, 0.6) is 5.75 Å². The summed E-state index contributed by atoms with van der Waals surface area (Å²) in [6.07, 6.45) is 1.91. The number of nitrogens with one attached hydrogen (secondary N) is 1. The number of anilines is 1. The molecule has 35 heavy (non-hydrogen) atoms. The van der Waals surface area contributed by atoms with Crippen molar-refractivity contribution in [3.8, 4) is 5.75 Å². The molecule has 0 aliphatic rings. The summed E-state index contributed by atoms with van der Waals surface area (Å²) < 4.78 is 9.54. The Morgan fingerprint density at radius 3 is 2.63 bits per heavy atom. The summed E-state index contributed by atoms with van der Waals surface area (Å²) in [7, 11) is 0. The van der Waals surface area contributed by atoms with Crippen molar-refractivity contribution in [3.63, 3.8) is 0 Å². The minimum Gasteiger partial charge on any atom is -0.492 e. The molecule has 0 saturated heterocycles. The highest BCUT2D eigenvalue weighted by Gasteiger charge is 2.13. The van der Waals surface area contributed by atoms with Gasteiger partial charge in [0.15, 0.2) is 0 Å². The van der Waals surface area contributed by atoms with Crippen molar-refractivity contribution in [1.82, 2.24) is 9.55 Å². The lowest BCUT2D eigenvalue weighted by Crippen LogP contribution is -2.09. The van der Waals surface area contributed by atoms with E-state index in [2.05, 4.69) is 96.3 Å². The van der Waals surface area contributed by atoms with Crippen LogP contribution in [-0.2, 0) is 6.54 Å². The molecule has 0 spiro atoms. The molecule has 5 nitrogen and oxygen atoms in total. The van der Waals surface area contributed by atoms with E-state index in [1.165, 1.54) is 27.7 Å². The Hall–Kier alpha value is -3.64. The number of aryl methyl sites for hydroxylation is 1. The summed E-state index contributed by atoms with van der Waals surface area (Å²) >= 11 is 1.60. The van der Waals surface area contributed by atoms with E-state index in [1.807, 2.05) is 24.4 Å². The van der Waals surface area contributed by atoms with Crippen molar-refractivity contribution in [2.75, 3.05) is 12.0 Å². The van der Waals surface area contributed by atoms with Crippen LogP contribution in [0.15, 0.2) is 71.8 Å². The number of fused-ring (bicyclic) bond motifs is 2. The van der Waals surface area contributed by atoms with E-state index in [1.54, 1.807) is 11.3 Å². The first kappa shape index (κ1) is 23.1. The fourth-order valence-corrected chi connectivity index (χ4v) is 5.16. The first-order valence-electron chi connectivity index (χ1n) is 12.0. The molecular weight excluding hydrogens is 452 g/mol. The fourth-order valence-electron chi connectivity index (χ4n) is 4.35. The van der Waals surface area contributed by atoms with E-state index in [-0.39, 0.29) is 0 Å². The second-order valence-corrected chi connectivity index (χ2v) is 10.1. The number of hydrogen-bond acceptors (Lipinski definition) is 5. The van der Waals surface area contributed by atoms with Gasteiger partial charge in [-0.25, -0.2) is 4.98 Å². The summed E-state index contributed by atoms with van der Waals surface area (Å²) in [6.45, 7) is 10.0. The molecule has 5 aromatic rings. The molecule has 0 atom stereocenters. The highest BCUT2D eigenvalue weighted by atomic mass is 32.1. The topological polar surface area (TPSA) is 51.4 Å². The molecule has 0 saturated carbocycles. The van der Waals surface area contributed by atoms with Gasteiger partial charge >= 0.3 is 0 Å². The van der Waals surface area contributed by atoms with Crippen LogP contribution in [0.1, 0.15) is 42.1 Å². The highest BCUT2D eigenvalue weighted by Crippen LogP contribution is 2.28. The highest BCUT2D eigenvalue weighted by molar-refractivity contribution is 7.22. The van der Waals surface area contributed by atoms with Gasteiger partial charge in [-0.3, -0.25) is 5.43 Å². The largest absolute Gasteiger partial charge is 0.492 e. The van der Waals surface area contributed by atoms with Gasteiger partial charge in [-0.1, -0.05) is 61.1 Å². The van der Waals surface area contributed by atoms with Gasteiger partial charge in [-0.15, -0.1) is 0 Å². The van der Waals surface area contributed by atoms with E-state index in [0.717, 1.165) is 33.2 Å². The third-order valence-electron chi connectivity index (χ3n) is 6.31. The Bertz CT molecular complexity index is 1460. The van der Waals surface area contributed by atoms with Crippen LogP contribution >= 0.6 is 11.3 Å². The van der Waals surface area contributed by atoms with E-state index < -0.39 is 0 Å². The molecule has 1 N–H and O–H groups in total. The SMILES string of the molecule is Cc1ccc2c(c1)c(C=NNc1nc3ccccc3s1)c(C)n2CCOc1ccc(C(C)C)cc1. The summed E-state index contributed by atoms with van der Waals surface area (Å²) in [5, 5.41) is 6.52. The molecule has 0 aliphatic carbocycles. The van der Waals surface area contributed by atoms with Crippen LogP contribution in [0.2, 0.25) is 0 Å². The normalized spacial score (nSPS) is 11.8. The van der Waals surface area contributed by atoms with E-state index in [9.17, 15) is 0 Å². The third-order valence-corrected chi connectivity index (χ3v) is 7.25. The van der Waals surface area contributed by atoms with Gasteiger partial charge in [0.2, 0.25) is 5.13 Å². The standard InChI is InChI=1S/C29H30N4OS/c1-19(2)22-10-12-23(13-11-22)34-16-15-33-21(4)25(24-17-20(3)9-14-27(24)33)18-30-32-29-31-26-7-5-6-8-28(26)35-29/h5-14,17-19H,15-16H2,1-4H3,(H,31,32). The zero-order valence-corrected chi connectivity index (χ0v) is 21.4. The molecule has 0 radical (unpaired) electrons. The number of para-hydroxylation sites is 1. The molecule has 5 rings (SSSR count). The molecule has 0 bridgehead atoms. The molecule has 0 aliphatic heterocycles. The number of ether oxygens (including phenoxy) is 1. The van der Waals surface area contributed by atoms with Gasteiger partial charge in [0.05, 0.1) is 23.0 Å². The first-order valence-corrected chi connectivity index (χ1v) is 12.8. The maximum Gasteiger partial charge on any atom is 0.204 e. The van der Waals surface area contributed by atoms with Crippen LogP contribution < -0.4 is 10.2 Å². The van der Waals surface area contributed by atoms with Crippen molar-refractivity contribution in [3.05, 3.63) is 89.1 Å². The number of hydrogen-bond donors (Lipinski definition) is 1. The molecule has 0 unspecified atom stereocenters. The number of hydrazone groups is 1. The predicted molar refractivity (Wildman–Crippen MR) is 148 cm³/mol. The Morgan fingerprint density at radius 2 is 1.86 bits per heavy atom. The number of aromatic nitrogens is 2. The maximum atomic E-state index is 6.08. The molecule has 0 amide bonds. The zero-order chi connectivity index (χ0) is 24.4. The lowest BCUT2D eigenvalue weighted by Gasteiger charge is -2.11. The average molecular weight is 483 g/mol. The van der Waals surface area contributed by atoms with Gasteiger partial charge < -0.3 is 9.30 Å². The number of rotatable bonds is 8. The van der Waals surface area contributed by atoms with E-state index in [0.29, 0.717) is 12.5 Å². The van der Waals surface area contributed by atoms with E-state index in [4.69, 9.17) is 4.74 Å². The lowest BCUT2D eigenvalue weighted by molar-refractivity contribution is 0.299. The summed E-state index contributed by atoms with van der Waals surface area (Å²) in [4.78, 5) is 4.60. The predicted octanol–water partition coefficient (Wildman–Crippen LogP) is 7.52. The monoisotopic (exact) mass is 482 g/mol. The Labute approximate surface area is 210 Å². The Morgan fingerprint density at radius 1 is 1.06 bits per heavy atom. The summed E-state index contributed by atoms with van der Waals surface area (Å²) in [5.74, 6) is 1.42. The van der Waals surface area contributed by atoms with Crippen LogP contribution in [0, 0.1) is 13.8 Å². The second kappa shape index (κ2) is 9.92. The van der Waals surface area contributed by atoms with Gasteiger partial charge in [-0.2, -0.15) is 5.10 Å². The molecule has 6 heteroatoms. The Balaban J connectivity index is 1.35. The van der Waals surface area contributed by atoms with Crippen molar-refractivity contribution >= 4 is 43.8 Å². The van der Waals surface area contributed by atoms with Crippen molar-refractivity contribution in [2.45, 2.75) is 40.2 Å². The van der Waals surface area contributed by atoms with Crippen molar-refractivity contribution in [1.29, 1.82) is 0 Å². The maximum absolute atomic E-state index is 6.08. The average Bonchev–Trinajstić information content (AvgIpc) is 3.38. The van der Waals surface area contributed by atoms with Crippen molar-refractivity contribution < 1.29 is 4.74 Å². The number of thiazole rings is 1. The zero-order valence-electron chi connectivity index (χ0n) is 20.6. The quantitative estimate of drug-likeness (QED) is 0.184. The molecule has 3 aromatic carbocycles. The van der Waals surface area contributed by atoms with Gasteiger partial charge in [0.1, 0.15) is 12.4 Å². The van der Waals surface area contributed by atoms with Gasteiger partial charge in [0, 0.05) is 22.2 Å². The van der Waals surface area contributed by atoms with Gasteiger partial charge in [-0.05, 0) is 61.7 Å². The van der Waals surface area contributed by atoms with Crippen LogP contribution in [-0.4, -0.2) is 22.4 Å². The number of benzene rings is 3. The first-order chi connectivity index (χ1) is 17.0. The minimum atomic E-state index is 0.519. The van der Waals surface area contributed by atoms with Crippen LogP contribution in [0.3, 0.4) is 0 Å². The molecule has 2 aromatic heterocycles. The van der Waals surface area contributed by atoms with Crippen LogP contribution in [0.25, 0.3) is 21.1 Å². The summed E-state index contributed by atoms with van der Waals surface area (Å²) in [6, 6.07) is 23.1. The molecule has 2 heterocycles. The van der Waals surface area contributed by atoms with Crippen LogP contribution in [0.4, 0.5) is 5.13 Å². The number of nitrogens with zero attached hydrogens (tertiary/aromatic N) is 3. The van der Waals surface area contributed by atoms with Crippen molar-refractivity contribution in [2.24, 2.45) is 5.10 Å². The van der Waals surface area contributed by atoms with Gasteiger partial charge in [0.25, 0.3) is 0 Å². The molecular formula is C29H30N4OS. The summed E-state index contributed by atoms with van der Waals surface area (Å²) in [5.41, 5.74) is 10.1. The Kier molecular flexibility index (Phi) is 6.55. The molecule has 0 fully saturated rings. The fraction of sp³-hybridized carbons (Fsp3) is 0.241.